The summed E-state index contributed by atoms with van der Waals surface area (Å²) in [5, 5.41) is 12.3. The smallest absolute Gasteiger partial charge is 0.549 e. The molecule has 0 N–H and O–H groups in total. The number of carbonyl (C=O) groups excluding carboxylic acids is 1. The third-order valence-corrected chi connectivity index (χ3v) is 8.03. The van der Waals surface area contributed by atoms with Crippen molar-refractivity contribution in [3.63, 3.8) is 0 Å². The minimum Gasteiger partial charge on any atom is -0.549 e. The maximum Gasteiger partial charge on any atom is 1.00 e. The zero-order chi connectivity index (χ0) is 24.8. The molecule has 37 heavy (non-hydrogen) atoms. The van der Waals surface area contributed by atoms with Gasteiger partial charge in [-0.2, -0.15) is 0 Å². The molecule has 0 spiro atoms. The van der Waals surface area contributed by atoms with Crippen LogP contribution in [-0.4, -0.2) is 30.5 Å². The number of carbonyl (C=O) groups is 1. The van der Waals surface area contributed by atoms with Crippen molar-refractivity contribution >= 4 is 5.97 Å². The second kappa shape index (κ2) is 12.2. The Hall–Kier alpha value is -2.69. The van der Waals surface area contributed by atoms with Gasteiger partial charge < -0.3 is 14.8 Å². The molecule has 1 saturated heterocycles. The fourth-order valence-corrected chi connectivity index (χ4v) is 5.95. The van der Waals surface area contributed by atoms with E-state index in [1.54, 1.807) is 0 Å². The van der Waals surface area contributed by atoms with Crippen molar-refractivity contribution in [3.05, 3.63) is 144 Å². The Morgan fingerprint density at radius 2 is 1.05 bits per heavy atom. The molecule has 0 aromatic heterocycles. The van der Waals surface area contributed by atoms with Gasteiger partial charge in [0.25, 0.3) is 0 Å². The summed E-state index contributed by atoms with van der Waals surface area (Å²) in [5.41, 5.74) is 3.46. The molecule has 3 nitrogen and oxygen atoms in total. The molecular formula is C33H32NNaO2. The molecule has 1 aliphatic rings. The van der Waals surface area contributed by atoms with Gasteiger partial charge in [0, 0.05) is 10.8 Å². The van der Waals surface area contributed by atoms with Crippen LogP contribution in [0.4, 0.5) is 0 Å². The number of likely N-dealkylation sites (tertiary alicyclic amines) is 1. The summed E-state index contributed by atoms with van der Waals surface area (Å²) in [6.07, 6.45) is 2.03. The maximum atomic E-state index is 12.3. The summed E-state index contributed by atoms with van der Waals surface area (Å²) in [5.74, 6) is -0.958. The van der Waals surface area contributed by atoms with Gasteiger partial charge in [0.1, 0.15) is 0 Å². The largest absolute Gasteiger partial charge is 1.00 e. The van der Waals surface area contributed by atoms with Crippen LogP contribution in [0.15, 0.2) is 121 Å². The molecule has 0 aliphatic carbocycles. The Labute approximate surface area is 242 Å². The van der Waals surface area contributed by atoms with E-state index in [4.69, 9.17) is 0 Å². The first kappa shape index (κ1) is 27.3. The molecule has 1 heterocycles. The van der Waals surface area contributed by atoms with Crippen molar-refractivity contribution in [1.82, 2.24) is 4.90 Å². The first-order valence-corrected chi connectivity index (χ1v) is 12.8. The SMILES string of the molecule is O=C([O-])C1(c2ccccc2)CCN(CCC(c2ccccc2)(c2ccccc2)c2ccccc2)CC1.[Na+]. The number of carboxylic acid groups (broad SMARTS) is 1. The molecule has 5 rings (SSSR count). The van der Waals surface area contributed by atoms with E-state index in [0.29, 0.717) is 12.8 Å². The molecule has 0 atom stereocenters. The average Bonchev–Trinajstić information content (AvgIpc) is 2.96. The number of carboxylic acids is 1. The van der Waals surface area contributed by atoms with Gasteiger partial charge in [-0.15, -0.1) is 0 Å². The zero-order valence-corrected chi connectivity index (χ0v) is 23.6. The van der Waals surface area contributed by atoms with E-state index in [0.717, 1.165) is 31.6 Å². The number of rotatable bonds is 8. The van der Waals surface area contributed by atoms with Crippen molar-refractivity contribution in [2.24, 2.45) is 0 Å². The number of benzene rings is 4. The van der Waals surface area contributed by atoms with E-state index in [-0.39, 0.29) is 35.0 Å². The van der Waals surface area contributed by atoms with Crippen LogP contribution in [0.5, 0.6) is 0 Å². The van der Waals surface area contributed by atoms with Crippen molar-refractivity contribution in [1.29, 1.82) is 0 Å². The van der Waals surface area contributed by atoms with E-state index in [1.165, 1.54) is 16.7 Å². The summed E-state index contributed by atoms with van der Waals surface area (Å²) >= 11 is 0. The Balaban J connectivity index is 0.00000320. The van der Waals surface area contributed by atoms with Gasteiger partial charge in [-0.25, -0.2) is 0 Å². The quantitative estimate of drug-likeness (QED) is 0.277. The molecule has 182 valence electrons. The fourth-order valence-electron chi connectivity index (χ4n) is 5.95. The average molecular weight is 498 g/mol. The summed E-state index contributed by atoms with van der Waals surface area (Å²) in [7, 11) is 0. The van der Waals surface area contributed by atoms with E-state index < -0.39 is 11.4 Å². The molecule has 4 aromatic carbocycles. The maximum absolute atomic E-state index is 12.3. The molecule has 4 aromatic rings. The minimum absolute atomic E-state index is 0. The molecule has 0 saturated carbocycles. The van der Waals surface area contributed by atoms with E-state index >= 15 is 0 Å². The first-order chi connectivity index (χ1) is 17.6. The topological polar surface area (TPSA) is 43.4 Å². The Morgan fingerprint density at radius 1 is 0.676 bits per heavy atom. The van der Waals surface area contributed by atoms with Gasteiger partial charge in [0.15, 0.2) is 0 Å². The molecule has 0 bridgehead atoms. The van der Waals surface area contributed by atoms with Gasteiger partial charge in [-0.3, -0.25) is 0 Å². The molecule has 0 unspecified atom stereocenters. The van der Waals surface area contributed by atoms with Gasteiger partial charge in [-0.05, 0) is 61.2 Å². The Morgan fingerprint density at radius 3 is 1.43 bits per heavy atom. The standard InChI is InChI=1S/C33H33NO2.Na/c35-31(36)32(27-13-5-1-6-14-27)21-24-34(25-22-32)26-23-33(28-15-7-2-8-16-28,29-17-9-3-10-18-29)30-19-11-4-12-20-30;/h1-20H,21-26H2,(H,35,36);/q;+1/p-1. The zero-order valence-electron chi connectivity index (χ0n) is 21.6. The van der Waals surface area contributed by atoms with Crippen molar-refractivity contribution in [2.45, 2.75) is 30.1 Å². The van der Waals surface area contributed by atoms with Crippen molar-refractivity contribution in [2.75, 3.05) is 19.6 Å². The molecule has 4 heteroatoms. The summed E-state index contributed by atoms with van der Waals surface area (Å²) in [6.45, 7) is 2.34. The second-order valence-electron chi connectivity index (χ2n) is 9.83. The van der Waals surface area contributed by atoms with Crippen molar-refractivity contribution < 1.29 is 39.5 Å². The number of hydrogen-bond acceptors (Lipinski definition) is 3. The second-order valence-corrected chi connectivity index (χ2v) is 9.83. The van der Waals surface area contributed by atoms with Crippen molar-refractivity contribution in [3.8, 4) is 0 Å². The van der Waals surface area contributed by atoms with Crippen LogP contribution in [-0.2, 0) is 15.6 Å². The predicted octanol–water partition coefficient (Wildman–Crippen LogP) is 2.20. The number of piperidine rings is 1. The monoisotopic (exact) mass is 497 g/mol. The van der Waals surface area contributed by atoms with Crippen LogP contribution in [0.2, 0.25) is 0 Å². The van der Waals surface area contributed by atoms with Crippen LogP contribution >= 0.6 is 0 Å². The summed E-state index contributed by atoms with van der Waals surface area (Å²) in [4.78, 5) is 14.8. The molecule has 0 radical (unpaired) electrons. The molecule has 0 amide bonds. The van der Waals surface area contributed by atoms with Gasteiger partial charge in [-0.1, -0.05) is 121 Å². The van der Waals surface area contributed by atoms with Crippen LogP contribution in [0.1, 0.15) is 41.5 Å². The number of nitrogens with zero attached hydrogens (tertiary/aromatic N) is 1. The van der Waals surface area contributed by atoms with E-state index in [9.17, 15) is 9.90 Å². The van der Waals surface area contributed by atoms with Gasteiger partial charge in [0.2, 0.25) is 0 Å². The Kier molecular flexibility index (Phi) is 9.04. The van der Waals surface area contributed by atoms with Crippen LogP contribution in [0.3, 0.4) is 0 Å². The first-order valence-electron chi connectivity index (χ1n) is 12.8. The number of aliphatic carboxylic acids is 1. The third kappa shape index (κ3) is 5.46. The normalized spacial score (nSPS) is 15.5. The van der Waals surface area contributed by atoms with Crippen LogP contribution in [0.25, 0.3) is 0 Å². The fraction of sp³-hybridized carbons (Fsp3) is 0.242. The van der Waals surface area contributed by atoms with E-state index in [1.807, 2.05) is 30.3 Å². The summed E-state index contributed by atoms with van der Waals surface area (Å²) < 4.78 is 0. The third-order valence-electron chi connectivity index (χ3n) is 8.03. The molecule has 1 fully saturated rings. The Bertz CT molecular complexity index is 1160. The van der Waals surface area contributed by atoms with E-state index in [2.05, 4.69) is 95.9 Å². The van der Waals surface area contributed by atoms with Gasteiger partial charge >= 0.3 is 29.6 Å². The van der Waals surface area contributed by atoms with Gasteiger partial charge in [0.05, 0.1) is 5.97 Å². The molecular weight excluding hydrogens is 465 g/mol. The summed E-state index contributed by atoms with van der Waals surface area (Å²) in [6, 6.07) is 41.9. The van der Waals surface area contributed by atoms with Crippen LogP contribution < -0.4 is 34.7 Å². The van der Waals surface area contributed by atoms with Crippen LogP contribution in [0, 0.1) is 0 Å². The minimum atomic E-state index is -0.958. The molecule has 1 aliphatic heterocycles. The number of hydrogen-bond donors (Lipinski definition) is 0. The predicted molar refractivity (Wildman–Crippen MR) is 143 cm³/mol.